The molecule has 1 fully saturated rings. The largest absolute Gasteiger partial charge is 0.490 e. The first-order valence-electron chi connectivity index (χ1n) is 10.3. The molecule has 0 saturated heterocycles. The molecule has 31 heavy (non-hydrogen) atoms. The van der Waals surface area contributed by atoms with Gasteiger partial charge in [0.05, 0.1) is 12.5 Å². The second kappa shape index (κ2) is 8.34. The molecular formula is C24H24FN3O3. The number of nitrogens with one attached hydrogen (secondary N) is 1. The summed E-state index contributed by atoms with van der Waals surface area (Å²) >= 11 is 0. The maximum atomic E-state index is 13.2. The van der Waals surface area contributed by atoms with E-state index in [9.17, 15) is 14.0 Å². The maximum absolute atomic E-state index is 13.2. The minimum atomic E-state index is -0.503. The fourth-order valence-corrected chi connectivity index (χ4v) is 3.89. The summed E-state index contributed by atoms with van der Waals surface area (Å²) in [6.45, 7) is 4.38. The summed E-state index contributed by atoms with van der Waals surface area (Å²) in [4.78, 5) is 25.1. The molecule has 6 nitrogen and oxygen atoms in total. The molecule has 0 unspecified atom stereocenters. The van der Waals surface area contributed by atoms with Crippen LogP contribution in [0.2, 0.25) is 0 Å². The normalized spacial score (nSPS) is 19.6. The number of hydrogen-bond donors (Lipinski definition) is 1. The molecule has 0 radical (unpaired) electrons. The average molecular weight is 421 g/mol. The van der Waals surface area contributed by atoms with Gasteiger partial charge in [-0.15, -0.1) is 0 Å². The summed E-state index contributed by atoms with van der Waals surface area (Å²) in [5.41, 5.74) is 1.44. The van der Waals surface area contributed by atoms with Gasteiger partial charge in [0.2, 0.25) is 5.91 Å². The molecule has 2 aromatic carbocycles. The van der Waals surface area contributed by atoms with Crippen molar-refractivity contribution < 1.29 is 13.9 Å². The van der Waals surface area contributed by atoms with E-state index in [2.05, 4.69) is 10.4 Å². The third kappa shape index (κ3) is 4.21. The predicted molar refractivity (Wildman–Crippen MR) is 116 cm³/mol. The van der Waals surface area contributed by atoms with E-state index in [0.29, 0.717) is 30.1 Å². The second-order valence-electron chi connectivity index (χ2n) is 7.81. The zero-order chi connectivity index (χ0) is 22.0. The van der Waals surface area contributed by atoms with Gasteiger partial charge in [-0.25, -0.2) is 9.07 Å². The number of nitrogens with zero attached hydrogens (tertiary/aromatic N) is 2. The number of rotatable bonds is 7. The molecule has 1 aliphatic rings. The van der Waals surface area contributed by atoms with Crippen molar-refractivity contribution in [1.29, 1.82) is 0 Å². The van der Waals surface area contributed by atoms with Gasteiger partial charge in [0.15, 0.2) is 0 Å². The Morgan fingerprint density at radius 2 is 1.94 bits per heavy atom. The Labute approximate surface area is 179 Å². The summed E-state index contributed by atoms with van der Waals surface area (Å²) < 4.78 is 20.6. The summed E-state index contributed by atoms with van der Waals surface area (Å²) in [5, 5.41) is 7.13. The SMILES string of the molecule is CCn1nc(C)c(OC[C@@]2(c3ccccc3)C[C@H]2C(=O)Nc2ccc(F)cc2)cc1=O. The zero-order valence-corrected chi connectivity index (χ0v) is 17.5. The van der Waals surface area contributed by atoms with Crippen molar-refractivity contribution >= 4 is 11.6 Å². The first-order valence-corrected chi connectivity index (χ1v) is 10.3. The Morgan fingerprint density at radius 1 is 1.23 bits per heavy atom. The van der Waals surface area contributed by atoms with E-state index in [0.717, 1.165) is 5.56 Å². The number of hydrogen-bond acceptors (Lipinski definition) is 4. The molecule has 1 N–H and O–H groups in total. The molecule has 3 aromatic rings. The number of ether oxygens (including phenoxy) is 1. The van der Waals surface area contributed by atoms with Crippen LogP contribution in [0.15, 0.2) is 65.5 Å². The van der Waals surface area contributed by atoms with Crippen LogP contribution in [0.4, 0.5) is 10.1 Å². The van der Waals surface area contributed by atoms with E-state index < -0.39 is 5.41 Å². The topological polar surface area (TPSA) is 73.2 Å². The third-order valence-corrected chi connectivity index (χ3v) is 5.77. The van der Waals surface area contributed by atoms with Crippen LogP contribution in [0.1, 0.15) is 24.6 Å². The monoisotopic (exact) mass is 421 g/mol. The molecule has 4 rings (SSSR count). The number of anilines is 1. The molecule has 0 spiro atoms. The highest BCUT2D eigenvalue weighted by atomic mass is 19.1. The van der Waals surface area contributed by atoms with Gasteiger partial charge in [0.1, 0.15) is 17.3 Å². The first-order chi connectivity index (χ1) is 14.9. The first kappa shape index (κ1) is 20.8. The number of carbonyl (C=O) groups excluding carboxylic acids is 1. The average Bonchev–Trinajstić information content (AvgIpc) is 3.52. The highest BCUT2D eigenvalue weighted by molar-refractivity contribution is 5.96. The lowest BCUT2D eigenvalue weighted by atomic mass is 9.93. The van der Waals surface area contributed by atoms with Gasteiger partial charge in [-0.05, 0) is 50.1 Å². The fraction of sp³-hybridized carbons (Fsp3) is 0.292. The molecule has 1 saturated carbocycles. The Bertz CT molecular complexity index is 1140. The molecule has 0 bridgehead atoms. The highest BCUT2D eigenvalue weighted by Crippen LogP contribution is 2.55. The summed E-state index contributed by atoms with van der Waals surface area (Å²) in [6, 6.07) is 16.9. The quantitative estimate of drug-likeness (QED) is 0.632. The molecule has 1 aromatic heterocycles. The predicted octanol–water partition coefficient (Wildman–Crippen LogP) is 3.69. The number of aryl methyl sites for hydroxylation is 2. The van der Waals surface area contributed by atoms with E-state index in [1.807, 2.05) is 37.3 Å². The van der Waals surface area contributed by atoms with Crippen LogP contribution >= 0.6 is 0 Å². The van der Waals surface area contributed by atoms with Gasteiger partial charge >= 0.3 is 0 Å². The lowest BCUT2D eigenvalue weighted by Gasteiger charge is -2.20. The van der Waals surface area contributed by atoms with E-state index in [1.54, 1.807) is 6.92 Å². The van der Waals surface area contributed by atoms with Crippen LogP contribution in [0.25, 0.3) is 0 Å². The van der Waals surface area contributed by atoms with Crippen LogP contribution in [-0.4, -0.2) is 22.3 Å². The minimum Gasteiger partial charge on any atom is -0.490 e. The number of halogens is 1. The van der Waals surface area contributed by atoms with Gasteiger partial charge in [-0.1, -0.05) is 30.3 Å². The minimum absolute atomic E-state index is 0.143. The van der Waals surface area contributed by atoms with E-state index in [4.69, 9.17) is 4.74 Å². The summed E-state index contributed by atoms with van der Waals surface area (Å²) in [6.07, 6.45) is 0.614. The summed E-state index contributed by atoms with van der Waals surface area (Å²) in [5.74, 6) is -0.375. The Balaban J connectivity index is 1.55. The van der Waals surface area contributed by atoms with Gasteiger partial charge in [-0.3, -0.25) is 9.59 Å². The van der Waals surface area contributed by atoms with Crippen LogP contribution in [0.5, 0.6) is 5.75 Å². The maximum Gasteiger partial charge on any atom is 0.270 e. The molecule has 1 aliphatic carbocycles. The van der Waals surface area contributed by atoms with Crippen molar-refractivity contribution in [1.82, 2.24) is 9.78 Å². The molecule has 1 heterocycles. The lowest BCUT2D eigenvalue weighted by molar-refractivity contribution is -0.117. The van der Waals surface area contributed by atoms with E-state index in [1.165, 1.54) is 35.0 Å². The van der Waals surface area contributed by atoms with Crippen LogP contribution in [-0.2, 0) is 16.8 Å². The van der Waals surface area contributed by atoms with Crippen molar-refractivity contribution in [3.05, 3.63) is 88.1 Å². The molecule has 2 atom stereocenters. The summed E-state index contributed by atoms with van der Waals surface area (Å²) in [7, 11) is 0. The van der Waals surface area contributed by atoms with Gasteiger partial charge < -0.3 is 10.1 Å². The molecule has 0 aliphatic heterocycles. The molecule has 7 heteroatoms. The number of carbonyl (C=O) groups is 1. The lowest BCUT2D eigenvalue weighted by Crippen LogP contribution is -2.28. The number of aromatic nitrogens is 2. The van der Waals surface area contributed by atoms with Crippen molar-refractivity contribution in [3.63, 3.8) is 0 Å². The van der Waals surface area contributed by atoms with Crippen LogP contribution < -0.4 is 15.6 Å². The highest BCUT2D eigenvalue weighted by Gasteiger charge is 2.60. The third-order valence-electron chi connectivity index (χ3n) is 5.77. The van der Waals surface area contributed by atoms with Crippen molar-refractivity contribution in [2.24, 2.45) is 5.92 Å². The van der Waals surface area contributed by atoms with Crippen LogP contribution in [0, 0.1) is 18.7 Å². The fourth-order valence-electron chi connectivity index (χ4n) is 3.89. The van der Waals surface area contributed by atoms with E-state index >= 15 is 0 Å². The van der Waals surface area contributed by atoms with Crippen molar-refractivity contribution in [2.75, 3.05) is 11.9 Å². The zero-order valence-electron chi connectivity index (χ0n) is 17.5. The van der Waals surface area contributed by atoms with Crippen molar-refractivity contribution in [3.8, 4) is 5.75 Å². The van der Waals surface area contributed by atoms with Crippen LogP contribution in [0.3, 0.4) is 0 Å². The van der Waals surface area contributed by atoms with Crippen molar-refractivity contribution in [2.45, 2.75) is 32.2 Å². The standard InChI is InChI=1S/C24H24FN3O3/c1-3-28-22(29)13-21(16(2)27-28)31-15-24(17-7-5-4-6-8-17)14-20(24)23(30)26-19-11-9-18(25)10-12-19/h4-13,20H,3,14-15H2,1-2H3,(H,26,30)/t20-,24+/m0/s1. The molecular weight excluding hydrogens is 397 g/mol. The molecule has 1 amide bonds. The smallest absolute Gasteiger partial charge is 0.270 e. The van der Waals surface area contributed by atoms with Gasteiger partial charge in [0, 0.05) is 23.7 Å². The number of benzene rings is 2. The molecule has 160 valence electrons. The Hall–Kier alpha value is -3.48. The Kier molecular flexibility index (Phi) is 5.59. The second-order valence-corrected chi connectivity index (χ2v) is 7.81. The Morgan fingerprint density at radius 3 is 2.61 bits per heavy atom. The van der Waals surface area contributed by atoms with Gasteiger partial charge in [0.25, 0.3) is 5.56 Å². The van der Waals surface area contributed by atoms with Gasteiger partial charge in [-0.2, -0.15) is 5.10 Å². The number of amides is 1. The van der Waals surface area contributed by atoms with E-state index in [-0.39, 0.29) is 29.8 Å².